The summed E-state index contributed by atoms with van der Waals surface area (Å²) in [6.45, 7) is -6.75. The van der Waals surface area contributed by atoms with E-state index in [0.717, 1.165) is 48.0 Å². The first-order valence-corrected chi connectivity index (χ1v) is 25.0. The van der Waals surface area contributed by atoms with Gasteiger partial charge in [0, 0.05) is 0 Å². The molecule has 0 heterocycles. The van der Waals surface area contributed by atoms with Gasteiger partial charge in [0.15, 0.2) is 0 Å². The zero-order valence-corrected chi connectivity index (χ0v) is 35.9. The molecule has 0 aliphatic rings. The third-order valence-electron chi connectivity index (χ3n) is 11.9. The van der Waals surface area contributed by atoms with Crippen LogP contribution in [0.4, 0.5) is 0 Å². The predicted molar refractivity (Wildman–Crippen MR) is 262 cm³/mol. The molecule has 0 saturated heterocycles. The molecule has 0 aromatic heterocycles. The van der Waals surface area contributed by atoms with Gasteiger partial charge in [0.25, 0.3) is 0 Å². The number of hydrogen-bond acceptors (Lipinski definition) is 3. The Morgan fingerprint density at radius 1 is 0.262 bits per heavy atom. The monoisotopic (exact) mass is 828 g/mol. The first-order valence-electron chi connectivity index (χ1n) is 20.7. The van der Waals surface area contributed by atoms with E-state index >= 15 is 0 Å². The average Bonchev–Trinajstić information content (AvgIpc) is 3.35. The molecule has 298 valence electrons. The average molecular weight is 829 g/mol. The second-order valence-corrected chi connectivity index (χ2v) is 23.8. The van der Waals surface area contributed by atoms with Crippen LogP contribution < -0.4 is 47.1 Å². The van der Waals surface area contributed by atoms with Crippen LogP contribution in [0, 0.1) is 6.92 Å². The molecule has 0 saturated carbocycles. The third kappa shape index (κ3) is 6.47. The summed E-state index contributed by atoms with van der Waals surface area (Å²) in [6.07, 6.45) is 0. The van der Waals surface area contributed by atoms with E-state index in [-0.39, 0.29) is 0 Å². The maximum absolute atomic E-state index is 8.51. The molecule has 9 aromatic carbocycles. The minimum absolute atomic E-state index is 0.658. The van der Waals surface area contributed by atoms with E-state index < -0.39 is 21.0 Å². The Labute approximate surface area is 360 Å². The summed E-state index contributed by atoms with van der Waals surface area (Å²) >= 11 is 0. The minimum atomic E-state index is -4.41. The van der Waals surface area contributed by atoms with Gasteiger partial charge in [-0.2, -0.15) is 0 Å². The van der Waals surface area contributed by atoms with Gasteiger partial charge in [-0.1, -0.05) is 0 Å². The van der Waals surface area contributed by atoms with Crippen molar-refractivity contribution in [2.75, 3.05) is 0 Å². The normalized spacial score (nSPS) is 12.9. The van der Waals surface area contributed by atoms with Gasteiger partial charge in [-0.05, 0) is 0 Å². The van der Waals surface area contributed by atoms with Gasteiger partial charge in [0.05, 0.1) is 0 Å². The summed E-state index contributed by atoms with van der Waals surface area (Å²) in [5.74, 6) is 0.658. The summed E-state index contributed by atoms with van der Waals surface area (Å²) in [6, 6.07) is 93.6. The van der Waals surface area contributed by atoms with Crippen molar-refractivity contribution in [1.82, 2.24) is 0 Å². The fraction of sp³-hybridized carbons (Fsp3) is 0.0182. The summed E-state index contributed by atoms with van der Waals surface area (Å²) in [5, 5.41) is 8.10. The molecule has 0 unspecified atom stereocenters. The van der Waals surface area contributed by atoms with Crippen molar-refractivity contribution in [3.8, 4) is 5.75 Å². The number of hydrogen-bond donors (Lipinski definition) is 0. The molecule has 0 radical (unpaired) electrons. The van der Waals surface area contributed by atoms with Crippen LogP contribution in [0.2, 0.25) is 0 Å². The zero-order chi connectivity index (χ0) is 41.5. The predicted octanol–water partition coefficient (Wildman–Crippen LogP) is 9.93. The van der Waals surface area contributed by atoms with Crippen molar-refractivity contribution >= 4 is 63.4 Å². The second kappa shape index (κ2) is 16.9. The molecule has 0 fully saturated rings. The van der Waals surface area contributed by atoms with Gasteiger partial charge < -0.3 is 0 Å². The van der Waals surface area contributed by atoms with Crippen molar-refractivity contribution in [2.45, 2.75) is 6.92 Å². The zero-order valence-electron chi connectivity index (χ0n) is 34.1. The first-order chi connectivity index (χ1) is 30.1. The van der Waals surface area contributed by atoms with Crippen LogP contribution >= 0.6 is 13.7 Å². The van der Waals surface area contributed by atoms with Crippen LogP contribution in [-0.2, 0) is 8.88 Å². The Kier molecular flexibility index (Phi) is 11.1. The molecule has 0 atom stereocenters. The van der Waals surface area contributed by atoms with Crippen LogP contribution in [0.5, 0.6) is 5.75 Å². The number of rotatable bonds is 14. The molecule has 0 N–H and O–H groups in total. The van der Waals surface area contributed by atoms with E-state index in [0.29, 0.717) is 5.75 Å². The topological polar surface area (TPSA) is 27.7 Å². The summed E-state index contributed by atoms with van der Waals surface area (Å²) in [4.78, 5) is 0. The Morgan fingerprint density at radius 2 is 0.459 bits per heavy atom. The van der Waals surface area contributed by atoms with Gasteiger partial charge in [0.2, 0.25) is 0 Å². The van der Waals surface area contributed by atoms with Crippen molar-refractivity contribution in [3.63, 3.8) is 0 Å². The molecule has 9 rings (SSSR count). The van der Waals surface area contributed by atoms with Crippen molar-refractivity contribution < 1.29 is 13.5 Å². The molecule has 0 spiro atoms. The van der Waals surface area contributed by atoms with Crippen molar-refractivity contribution in [1.29, 1.82) is 0 Å². The SMILES string of the molecule is Cc1ccccc1OB(OP(c1ccccc1)(c1ccccc1)(c1ccccc1)c1ccccc1)OP(c1ccccc1)(c1ccccc1)(c1ccccc1)c1ccccc1. The third-order valence-corrected chi connectivity index (χ3v) is 23.4. The number of para-hydroxylation sites is 1. The molecule has 0 bridgehead atoms. The van der Waals surface area contributed by atoms with Gasteiger partial charge in [-0.15, -0.1) is 0 Å². The van der Waals surface area contributed by atoms with Crippen LogP contribution in [-0.4, -0.2) is 7.32 Å². The van der Waals surface area contributed by atoms with Gasteiger partial charge >= 0.3 is 362 Å². The molecule has 3 nitrogen and oxygen atoms in total. The van der Waals surface area contributed by atoms with E-state index in [2.05, 4.69) is 256 Å². The van der Waals surface area contributed by atoms with Crippen LogP contribution in [0.25, 0.3) is 0 Å². The van der Waals surface area contributed by atoms with Crippen LogP contribution in [0.1, 0.15) is 5.56 Å². The Hall–Kier alpha value is -6.38. The first kappa shape index (κ1) is 40.1. The van der Waals surface area contributed by atoms with E-state index in [1.54, 1.807) is 0 Å². The standard InChI is InChI=1S/C55H47BO3P2/c1-46-28-26-27-45-55(46)57-56(58-60(47-29-10-2-11-30-47,48-31-12-3-13-32-48,49-33-14-4-15-34-49)50-35-16-5-17-36-50)59-61(51-37-18-6-19-38-51,52-39-20-7-21-40-52,53-41-22-8-23-42-53)54-43-24-9-25-44-54/h2-45H,1H3. The Bertz CT molecular complexity index is 2290. The summed E-state index contributed by atoms with van der Waals surface area (Å²) in [7, 11) is -1.34. The molecule has 9 aromatic rings. The van der Waals surface area contributed by atoms with Gasteiger partial charge in [-0.3, -0.25) is 0 Å². The number of aryl methyl sites for hydroxylation is 1. The number of benzene rings is 9. The Morgan fingerprint density at radius 3 is 0.672 bits per heavy atom. The second-order valence-electron chi connectivity index (χ2n) is 15.1. The molecule has 0 aliphatic carbocycles. The van der Waals surface area contributed by atoms with E-state index in [9.17, 15) is 0 Å². The summed E-state index contributed by atoms with van der Waals surface area (Å²) in [5.41, 5.74) is 0.957. The van der Waals surface area contributed by atoms with Gasteiger partial charge in [-0.25, -0.2) is 0 Å². The molecule has 61 heavy (non-hydrogen) atoms. The summed E-state index contributed by atoms with van der Waals surface area (Å²) < 4.78 is 24.5. The Balaban J connectivity index is 1.48. The van der Waals surface area contributed by atoms with Crippen LogP contribution in [0.3, 0.4) is 0 Å². The maximum atomic E-state index is 8.51. The molecule has 0 aliphatic heterocycles. The van der Waals surface area contributed by atoms with E-state index in [1.165, 1.54) is 0 Å². The van der Waals surface area contributed by atoms with Crippen LogP contribution in [0.15, 0.2) is 267 Å². The molecular weight excluding hydrogens is 781 g/mol. The fourth-order valence-corrected chi connectivity index (χ4v) is 20.6. The quantitative estimate of drug-likeness (QED) is 0.0808. The van der Waals surface area contributed by atoms with Crippen molar-refractivity contribution in [2.24, 2.45) is 0 Å². The molecular formula is C55H47BO3P2. The van der Waals surface area contributed by atoms with E-state index in [1.807, 2.05) is 18.2 Å². The fourth-order valence-electron chi connectivity index (χ4n) is 9.17. The van der Waals surface area contributed by atoms with E-state index in [4.69, 9.17) is 13.5 Å². The molecule has 0 amide bonds. The molecule has 6 heteroatoms. The van der Waals surface area contributed by atoms with Crippen molar-refractivity contribution in [3.05, 3.63) is 272 Å². The van der Waals surface area contributed by atoms with Gasteiger partial charge in [0.1, 0.15) is 0 Å².